The Morgan fingerprint density at radius 2 is 1.68 bits per heavy atom. The van der Waals surface area contributed by atoms with Crippen LogP contribution in [-0.2, 0) is 15.8 Å². The molecule has 1 atom stereocenters. The summed E-state index contributed by atoms with van der Waals surface area (Å²) in [7, 11) is 1.59. The molecule has 0 fully saturated rings. The topological polar surface area (TPSA) is 61.4 Å². The molecule has 2 amide bonds. The number of amides is 2. The van der Waals surface area contributed by atoms with Crippen molar-refractivity contribution in [3.05, 3.63) is 59.7 Å². The van der Waals surface area contributed by atoms with Gasteiger partial charge in [-0.1, -0.05) is 23.8 Å². The zero-order chi connectivity index (χ0) is 20.9. The molecule has 150 valence electrons. The lowest BCUT2D eigenvalue weighted by Crippen LogP contribution is -2.43. The quantitative estimate of drug-likeness (QED) is 0.782. The molecule has 8 heteroatoms. The van der Waals surface area contributed by atoms with Crippen LogP contribution in [0.2, 0.25) is 0 Å². The lowest BCUT2D eigenvalue weighted by atomic mass is 10.2. The zero-order valence-corrected chi connectivity index (χ0v) is 15.8. The molecule has 0 aliphatic heterocycles. The third-order valence-corrected chi connectivity index (χ3v) is 4.23. The highest BCUT2D eigenvalue weighted by Gasteiger charge is 2.30. The number of carbonyl (C=O) groups excluding carboxylic acids is 2. The fraction of sp³-hybridized carbons (Fsp3) is 0.300. The summed E-state index contributed by atoms with van der Waals surface area (Å²) >= 11 is 0. The highest BCUT2D eigenvalue weighted by Crippen LogP contribution is 2.30. The Balaban J connectivity index is 1.93. The highest BCUT2D eigenvalue weighted by molar-refractivity contribution is 5.96. The Morgan fingerprint density at radius 3 is 2.29 bits per heavy atom. The van der Waals surface area contributed by atoms with E-state index in [4.69, 9.17) is 0 Å². The number of nitrogens with one attached hydrogen (secondary N) is 2. The first-order valence-corrected chi connectivity index (χ1v) is 8.61. The van der Waals surface area contributed by atoms with Gasteiger partial charge in [-0.25, -0.2) is 0 Å². The number of nitrogens with zero attached hydrogens (tertiary/aromatic N) is 1. The number of alkyl halides is 3. The predicted molar refractivity (Wildman–Crippen MR) is 102 cm³/mol. The van der Waals surface area contributed by atoms with Crippen LogP contribution in [0, 0.1) is 6.92 Å². The van der Waals surface area contributed by atoms with Crippen molar-refractivity contribution >= 4 is 23.2 Å². The van der Waals surface area contributed by atoms with E-state index in [2.05, 4.69) is 10.6 Å². The third-order valence-electron chi connectivity index (χ3n) is 4.23. The first-order valence-electron chi connectivity index (χ1n) is 8.61. The Morgan fingerprint density at radius 1 is 1.04 bits per heavy atom. The molecule has 0 spiro atoms. The number of anilines is 2. The lowest BCUT2D eigenvalue weighted by molar-refractivity contribution is -0.137. The van der Waals surface area contributed by atoms with Crippen LogP contribution < -0.4 is 10.6 Å². The van der Waals surface area contributed by atoms with Gasteiger partial charge in [-0.3, -0.25) is 14.5 Å². The van der Waals surface area contributed by atoms with E-state index in [1.807, 2.05) is 19.1 Å². The molecule has 0 saturated heterocycles. The van der Waals surface area contributed by atoms with Gasteiger partial charge in [-0.15, -0.1) is 0 Å². The molecular formula is C20H22F3N3O2. The second-order valence-corrected chi connectivity index (χ2v) is 6.57. The van der Waals surface area contributed by atoms with Gasteiger partial charge in [0.15, 0.2) is 0 Å². The van der Waals surface area contributed by atoms with Crippen molar-refractivity contribution in [1.29, 1.82) is 0 Å². The molecule has 2 aromatic rings. The summed E-state index contributed by atoms with van der Waals surface area (Å²) in [6, 6.07) is 11.0. The van der Waals surface area contributed by atoms with E-state index in [1.54, 1.807) is 26.1 Å². The molecule has 5 nitrogen and oxygen atoms in total. The molecule has 0 saturated carbocycles. The lowest BCUT2D eigenvalue weighted by Gasteiger charge is -2.23. The van der Waals surface area contributed by atoms with Gasteiger partial charge in [-0.2, -0.15) is 13.2 Å². The van der Waals surface area contributed by atoms with E-state index in [-0.39, 0.29) is 18.1 Å². The standard InChI is InChI=1S/C20H22F3N3O2/c1-13-7-9-16(10-8-13)24-18(27)12-26(3)14(2)19(28)25-17-6-4-5-15(11-17)20(21,22)23/h4-11,14H,12H2,1-3H3,(H,24,27)(H,25,28)/t14-/m0/s1. The molecule has 0 bridgehead atoms. The Kier molecular flexibility index (Phi) is 6.80. The fourth-order valence-corrected chi connectivity index (χ4v) is 2.42. The van der Waals surface area contributed by atoms with Gasteiger partial charge >= 0.3 is 6.18 Å². The van der Waals surface area contributed by atoms with Gasteiger partial charge < -0.3 is 10.6 Å². The van der Waals surface area contributed by atoms with Crippen molar-refractivity contribution in [2.75, 3.05) is 24.2 Å². The highest BCUT2D eigenvalue weighted by atomic mass is 19.4. The molecular weight excluding hydrogens is 371 g/mol. The van der Waals surface area contributed by atoms with Gasteiger partial charge in [0.25, 0.3) is 0 Å². The predicted octanol–water partition coefficient (Wildman–Crippen LogP) is 3.91. The third kappa shape index (κ3) is 6.09. The average molecular weight is 393 g/mol. The monoisotopic (exact) mass is 393 g/mol. The number of halogens is 3. The van der Waals surface area contributed by atoms with Crippen molar-refractivity contribution < 1.29 is 22.8 Å². The first kappa shape index (κ1) is 21.4. The number of rotatable bonds is 6. The number of carbonyl (C=O) groups is 2. The molecule has 2 rings (SSSR count). The summed E-state index contributed by atoms with van der Waals surface area (Å²) < 4.78 is 38.3. The minimum atomic E-state index is -4.49. The van der Waals surface area contributed by atoms with Crippen LogP contribution in [0.1, 0.15) is 18.1 Å². The van der Waals surface area contributed by atoms with Crippen LogP contribution in [0.25, 0.3) is 0 Å². The normalized spacial score (nSPS) is 12.5. The van der Waals surface area contributed by atoms with Gasteiger partial charge in [0.1, 0.15) is 0 Å². The van der Waals surface area contributed by atoms with Crippen molar-refractivity contribution in [1.82, 2.24) is 4.90 Å². The van der Waals surface area contributed by atoms with Gasteiger partial charge in [0.05, 0.1) is 18.2 Å². The Bertz CT molecular complexity index is 835. The van der Waals surface area contributed by atoms with Crippen LogP contribution in [0.5, 0.6) is 0 Å². The van der Waals surface area contributed by atoms with E-state index in [0.29, 0.717) is 5.69 Å². The first-order chi connectivity index (χ1) is 13.1. The summed E-state index contributed by atoms with van der Waals surface area (Å²) in [6.45, 7) is 3.46. The maximum absolute atomic E-state index is 12.8. The number of benzene rings is 2. The summed E-state index contributed by atoms with van der Waals surface area (Å²) in [6.07, 6.45) is -4.49. The average Bonchev–Trinajstić information content (AvgIpc) is 2.62. The second kappa shape index (κ2) is 8.88. The molecule has 28 heavy (non-hydrogen) atoms. The molecule has 2 N–H and O–H groups in total. The van der Waals surface area contributed by atoms with Crippen LogP contribution >= 0.6 is 0 Å². The number of likely N-dealkylation sites (N-methyl/N-ethyl adjacent to an activating group) is 1. The summed E-state index contributed by atoms with van der Waals surface area (Å²) in [5, 5.41) is 5.18. The van der Waals surface area contributed by atoms with Crippen LogP contribution in [0.3, 0.4) is 0 Å². The van der Waals surface area contributed by atoms with Crippen LogP contribution in [0.15, 0.2) is 48.5 Å². The molecule has 0 aliphatic carbocycles. The molecule has 0 heterocycles. The zero-order valence-electron chi connectivity index (χ0n) is 15.8. The minimum absolute atomic E-state index is 0.0455. The summed E-state index contributed by atoms with van der Waals surface area (Å²) in [4.78, 5) is 26.0. The molecule has 0 unspecified atom stereocenters. The van der Waals surface area contributed by atoms with Gasteiger partial charge in [0, 0.05) is 11.4 Å². The summed E-state index contributed by atoms with van der Waals surface area (Å²) in [5.74, 6) is -0.810. The second-order valence-electron chi connectivity index (χ2n) is 6.57. The number of hydrogen-bond donors (Lipinski definition) is 2. The maximum atomic E-state index is 12.8. The maximum Gasteiger partial charge on any atom is 0.416 e. The van der Waals surface area contributed by atoms with Gasteiger partial charge in [-0.05, 0) is 51.2 Å². The van der Waals surface area contributed by atoms with Crippen LogP contribution in [0.4, 0.5) is 24.5 Å². The van der Waals surface area contributed by atoms with E-state index in [1.165, 1.54) is 17.0 Å². The SMILES string of the molecule is Cc1ccc(NC(=O)CN(C)[C@@H](C)C(=O)Nc2cccc(C(F)(F)F)c2)cc1. The number of aryl methyl sites for hydroxylation is 1. The smallest absolute Gasteiger partial charge is 0.325 e. The molecule has 0 aromatic heterocycles. The van der Waals surface area contributed by atoms with Gasteiger partial charge in [0.2, 0.25) is 11.8 Å². The fourth-order valence-electron chi connectivity index (χ4n) is 2.42. The summed E-state index contributed by atoms with van der Waals surface area (Å²) in [5.41, 5.74) is 0.910. The van der Waals surface area contributed by atoms with Crippen molar-refractivity contribution in [2.45, 2.75) is 26.1 Å². The molecule has 0 aliphatic rings. The van der Waals surface area contributed by atoms with E-state index >= 15 is 0 Å². The minimum Gasteiger partial charge on any atom is -0.325 e. The van der Waals surface area contributed by atoms with E-state index < -0.39 is 23.7 Å². The van der Waals surface area contributed by atoms with Crippen molar-refractivity contribution in [3.8, 4) is 0 Å². The largest absolute Gasteiger partial charge is 0.416 e. The number of hydrogen-bond acceptors (Lipinski definition) is 3. The van der Waals surface area contributed by atoms with Crippen molar-refractivity contribution in [3.63, 3.8) is 0 Å². The Labute approximate surface area is 161 Å². The molecule has 0 radical (unpaired) electrons. The van der Waals surface area contributed by atoms with E-state index in [0.717, 1.165) is 17.7 Å². The van der Waals surface area contributed by atoms with E-state index in [9.17, 15) is 22.8 Å². The Hall–Kier alpha value is -2.87. The molecule has 2 aromatic carbocycles. The van der Waals surface area contributed by atoms with Crippen LogP contribution in [-0.4, -0.2) is 36.3 Å². The van der Waals surface area contributed by atoms with Crippen molar-refractivity contribution in [2.24, 2.45) is 0 Å².